The SMILES string of the molecule is O=C(NC1CCN(C(=O)c2cccc3ccccc23)CC1)c1ccc(-n2cccc2)cc1. The Labute approximate surface area is 187 Å². The normalized spacial score (nSPS) is 14.4. The Morgan fingerprint density at radius 2 is 1.47 bits per heavy atom. The zero-order valence-electron chi connectivity index (χ0n) is 17.8. The number of nitrogens with one attached hydrogen (secondary N) is 1. The standard InChI is InChI=1S/C27H25N3O2/c31-26(21-10-12-23(13-11-21)29-16-3-4-17-29)28-22-14-18-30(19-15-22)27(32)25-9-5-7-20-6-1-2-8-24(20)25/h1-13,16-17,22H,14-15,18-19H2,(H,28,31). The van der Waals surface area contributed by atoms with Crippen molar-refractivity contribution < 1.29 is 9.59 Å². The lowest BCUT2D eigenvalue weighted by Gasteiger charge is -2.32. The Morgan fingerprint density at radius 1 is 0.781 bits per heavy atom. The lowest BCUT2D eigenvalue weighted by atomic mass is 10.0. The van der Waals surface area contributed by atoms with Crippen LogP contribution in [-0.4, -0.2) is 40.4 Å². The van der Waals surface area contributed by atoms with Crippen LogP contribution in [-0.2, 0) is 0 Å². The molecule has 4 aromatic rings. The van der Waals surface area contributed by atoms with Gasteiger partial charge >= 0.3 is 0 Å². The zero-order chi connectivity index (χ0) is 21.9. The van der Waals surface area contributed by atoms with Crippen molar-refractivity contribution in [2.24, 2.45) is 0 Å². The second-order valence-corrected chi connectivity index (χ2v) is 8.20. The van der Waals surface area contributed by atoms with Gasteiger partial charge in [-0.25, -0.2) is 0 Å². The number of benzene rings is 3. The van der Waals surface area contributed by atoms with E-state index in [0.717, 1.165) is 34.9 Å². The molecule has 5 nitrogen and oxygen atoms in total. The van der Waals surface area contributed by atoms with Crippen LogP contribution >= 0.6 is 0 Å². The van der Waals surface area contributed by atoms with Crippen molar-refractivity contribution in [3.63, 3.8) is 0 Å². The number of hydrogen-bond acceptors (Lipinski definition) is 2. The summed E-state index contributed by atoms with van der Waals surface area (Å²) in [5.74, 6) is -0.00457. The molecule has 0 radical (unpaired) electrons. The summed E-state index contributed by atoms with van der Waals surface area (Å²) >= 11 is 0. The first-order valence-corrected chi connectivity index (χ1v) is 11.0. The topological polar surface area (TPSA) is 54.3 Å². The molecule has 0 spiro atoms. The van der Waals surface area contributed by atoms with Crippen molar-refractivity contribution in [3.05, 3.63) is 102 Å². The van der Waals surface area contributed by atoms with Gasteiger partial charge in [-0.3, -0.25) is 9.59 Å². The van der Waals surface area contributed by atoms with Gasteiger partial charge in [0.1, 0.15) is 0 Å². The predicted molar refractivity (Wildman–Crippen MR) is 126 cm³/mol. The van der Waals surface area contributed by atoms with Gasteiger partial charge in [0.05, 0.1) is 0 Å². The highest BCUT2D eigenvalue weighted by molar-refractivity contribution is 6.07. The second-order valence-electron chi connectivity index (χ2n) is 8.20. The Hall–Kier alpha value is -3.86. The van der Waals surface area contributed by atoms with Crippen LogP contribution in [0, 0.1) is 0 Å². The highest BCUT2D eigenvalue weighted by atomic mass is 16.2. The van der Waals surface area contributed by atoms with E-state index in [9.17, 15) is 9.59 Å². The molecule has 32 heavy (non-hydrogen) atoms. The third-order valence-corrected chi connectivity index (χ3v) is 6.17. The molecule has 0 unspecified atom stereocenters. The summed E-state index contributed by atoms with van der Waals surface area (Å²) < 4.78 is 2.00. The predicted octanol–water partition coefficient (Wildman–Crippen LogP) is 4.67. The number of likely N-dealkylation sites (tertiary alicyclic amines) is 1. The first-order valence-electron chi connectivity index (χ1n) is 11.0. The average Bonchev–Trinajstić information content (AvgIpc) is 3.39. The Bertz CT molecular complexity index is 1230. The minimum absolute atomic E-state index is 0.0622. The maximum atomic E-state index is 13.1. The van der Waals surface area contributed by atoms with Crippen LogP contribution in [0.15, 0.2) is 91.3 Å². The van der Waals surface area contributed by atoms with Crippen LogP contribution in [0.3, 0.4) is 0 Å². The maximum Gasteiger partial charge on any atom is 0.254 e. The fourth-order valence-corrected chi connectivity index (χ4v) is 4.37. The molecule has 160 valence electrons. The molecule has 2 amide bonds. The molecule has 0 saturated carbocycles. The molecule has 1 aromatic heterocycles. The van der Waals surface area contributed by atoms with Crippen molar-refractivity contribution in [3.8, 4) is 5.69 Å². The van der Waals surface area contributed by atoms with Gasteiger partial charge in [0.25, 0.3) is 11.8 Å². The molecule has 0 atom stereocenters. The van der Waals surface area contributed by atoms with E-state index < -0.39 is 0 Å². The van der Waals surface area contributed by atoms with E-state index in [1.807, 2.05) is 101 Å². The van der Waals surface area contributed by atoms with Gasteiger partial charge in [0.2, 0.25) is 0 Å². The molecule has 0 bridgehead atoms. The van der Waals surface area contributed by atoms with Gasteiger partial charge < -0.3 is 14.8 Å². The minimum atomic E-state index is -0.0668. The van der Waals surface area contributed by atoms with Crippen LogP contribution in [0.4, 0.5) is 0 Å². The van der Waals surface area contributed by atoms with Crippen LogP contribution in [0.5, 0.6) is 0 Å². The molecular formula is C27H25N3O2. The van der Waals surface area contributed by atoms with Gasteiger partial charge in [0.15, 0.2) is 0 Å². The van der Waals surface area contributed by atoms with Gasteiger partial charge in [-0.15, -0.1) is 0 Å². The summed E-state index contributed by atoms with van der Waals surface area (Å²) in [5, 5.41) is 5.19. The van der Waals surface area contributed by atoms with E-state index in [2.05, 4.69) is 5.32 Å². The van der Waals surface area contributed by atoms with Gasteiger partial charge in [-0.1, -0.05) is 36.4 Å². The summed E-state index contributed by atoms with van der Waals surface area (Å²) in [6.45, 7) is 1.28. The monoisotopic (exact) mass is 423 g/mol. The van der Waals surface area contributed by atoms with Crippen LogP contribution < -0.4 is 5.32 Å². The number of aromatic nitrogens is 1. The average molecular weight is 424 g/mol. The molecule has 1 saturated heterocycles. The molecule has 1 fully saturated rings. The van der Waals surface area contributed by atoms with Crippen LogP contribution in [0.1, 0.15) is 33.6 Å². The van der Waals surface area contributed by atoms with E-state index in [1.54, 1.807) is 0 Å². The number of piperidine rings is 1. The fraction of sp³-hybridized carbons (Fsp3) is 0.185. The fourth-order valence-electron chi connectivity index (χ4n) is 4.37. The van der Waals surface area contributed by atoms with Gasteiger partial charge in [-0.05, 0) is 66.1 Å². The largest absolute Gasteiger partial charge is 0.349 e. The van der Waals surface area contributed by atoms with Crippen molar-refractivity contribution >= 4 is 22.6 Å². The molecule has 5 rings (SSSR count). The van der Waals surface area contributed by atoms with Crippen molar-refractivity contribution in [2.75, 3.05) is 13.1 Å². The maximum absolute atomic E-state index is 13.1. The van der Waals surface area contributed by atoms with Crippen molar-refractivity contribution in [1.82, 2.24) is 14.8 Å². The first-order chi connectivity index (χ1) is 15.7. The molecule has 3 aromatic carbocycles. The summed E-state index contributed by atoms with van der Waals surface area (Å²) in [4.78, 5) is 27.7. The first kappa shape index (κ1) is 20.1. The lowest BCUT2D eigenvalue weighted by Crippen LogP contribution is -2.46. The Kier molecular flexibility index (Phi) is 5.46. The summed E-state index contributed by atoms with van der Waals surface area (Å²) in [6, 6.07) is 25.4. The van der Waals surface area contributed by atoms with Crippen molar-refractivity contribution in [2.45, 2.75) is 18.9 Å². The van der Waals surface area contributed by atoms with Crippen LogP contribution in [0.2, 0.25) is 0 Å². The number of rotatable bonds is 4. The molecule has 1 aliphatic rings. The van der Waals surface area contributed by atoms with E-state index >= 15 is 0 Å². The molecule has 2 heterocycles. The molecule has 5 heteroatoms. The summed E-state index contributed by atoms with van der Waals surface area (Å²) in [6.07, 6.45) is 5.46. The number of fused-ring (bicyclic) bond motifs is 1. The number of amides is 2. The van der Waals surface area contributed by atoms with E-state index in [0.29, 0.717) is 18.7 Å². The van der Waals surface area contributed by atoms with Gasteiger partial charge in [-0.2, -0.15) is 0 Å². The number of carbonyl (C=O) groups is 2. The van der Waals surface area contributed by atoms with Crippen LogP contribution in [0.25, 0.3) is 16.5 Å². The number of carbonyl (C=O) groups excluding carboxylic acids is 2. The minimum Gasteiger partial charge on any atom is -0.349 e. The molecule has 1 N–H and O–H groups in total. The van der Waals surface area contributed by atoms with E-state index in [-0.39, 0.29) is 17.9 Å². The molecule has 0 aliphatic carbocycles. The molecular weight excluding hydrogens is 398 g/mol. The second kappa shape index (κ2) is 8.71. The highest BCUT2D eigenvalue weighted by Crippen LogP contribution is 2.22. The summed E-state index contributed by atoms with van der Waals surface area (Å²) in [7, 11) is 0. The third-order valence-electron chi connectivity index (χ3n) is 6.17. The zero-order valence-corrected chi connectivity index (χ0v) is 17.8. The van der Waals surface area contributed by atoms with Crippen molar-refractivity contribution in [1.29, 1.82) is 0 Å². The number of nitrogens with zero attached hydrogens (tertiary/aromatic N) is 2. The Morgan fingerprint density at radius 3 is 2.22 bits per heavy atom. The van der Waals surface area contributed by atoms with E-state index in [4.69, 9.17) is 0 Å². The Balaban J connectivity index is 1.19. The van der Waals surface area contributed by atoms with Gasteiger partial charge in [0, 0.05) is 48.3 Å². The molecule has 1 aliphatic heterocycles. The third kappa shape index (κ3) is 4.02. The lowest BCUT2D eigenvalue weighted by molar-refractivity contribution is 0.0700. The highest BCUT2D eigenvalue weighted by Gasteiger charge is 2.25. The number of hydrogen-bond donors (Lipinski definition) is 1. The van der Waals surface area contributed by atoms with E-state index in [1.165, 1.54) is 0 Å². The quantitative estimate of drug-likeness (QED) is 0.519. The smallest absolute Gasteiger partial charge is 0.254 e. The summed E-state index contributed by atoms with van der Waals surface area (Å²) in [5.41, 5.74) is 2.41.